The highest BCUT2D eigenvalue weighted by Crippen LogP contribution is 2.36. The fourth-order valence-corrected chi connectivity index (χ4v) is 3.82. The normalized spacial score (nSPS) is 10.6. The van der Waals surface area contributed by atoms with Crippen molar-refractivity contribution in [2.45, 2.75) is 16.3 Å². The fraction of sp³-hybridized carbons (Fsp3) is 0.100. The number of pyridine rings is 1. The van der Waals surface area contributed by atoms with Gasteiger partial charge in [0.05, 0.1) is 10.7 Å². The van der Waals surface area contributed by atoms with E-state index in [2.05, 4.69) is 25.9 Å². The second-order valence-corrected chi connectivity index (χ2v) is 6.80. The maximum absolute atomic E-state index is 10.9. The van der Waals surface area contributed by atoms with Crippen LogP contribution in [0, 0.1) is 6.92 Å². The van der Waals surface area contributed by atoms with E-state index in [4.69, 9.17) is 16.7 Å². The molecule has 2 rings (SSSR count). The SMILES string of the molecule is Cc1nc(Sc2ncc(Br)cc2Cl)sc1C(=O)O. The van der Waals surface area contributed by atoms with Crippen LogP contribution in [0.25, 0.3) is 0 Å². The monoisotopic (exact) mass is 364 g/mol. The van der Waals surface area contributed by atoms with Gasteiger partial charge in [0, 0.05) is 10.7 Å². The van der Waals surface area contributed by atoms with Crippen LogP contribution in [0.2, 0.25) is 5.02 Å². The average Bonchev–Trinajstić information content (AvgIpc) is 2.64. The fourth-order valence-electron chi connectivity index (χ4n) is 1.17. The first-order valence-electron chi connectivity index (χ1n) is 4.67. The number of halogens is 2. The van der Waals surface area contributed by atoms with Gasteiger partial charge in [0.1, 0.15) is 9.90 Å². The summed E-state index contributed by atoms with van der Waals surface area (Å²) in [5, 5.41) is 10.1. The third-order valence-corrected chi connectivity index (χ3v) is 4.99. The Kier molecular flexibility index (Phi) is 4.26. The third kappa shape index (κ3) is 3.03. The van der Waals surface area contributed by atoms with Gasteiger partial charge in [-0.05, 0) is 40.7 Å². The van der Waals surface area contributed by atoms with Crippen molar-refractivity contribution in [2.24, 2.45) is 0 Å². The lowest BCUT2D eigenvalue weighted by atomic mass is 10.4. The first-order chi connectivity index (χ1) is 8.47. The molecule has 94 valence electrons. The minimum absolute atomic E-state index is 0.241. The van der Waals surface area contributed by atoms with Crippen molar-refractivity contribution in [2.75, 3.05) is 0 Å². The molecule has 0 fully saturated rings. The summed E-state index contributed by atoms with van der Waals surface area (Å²) in [5.41, 5.74) is 0.503. The predicted molar refractivity (Wildman–Crippen MR) is 74.9 cm³/mol. The summed E-state index contributed by atoms with van der Waals surface area (Å²) in [7, 11) is 0. The maximum Gasteiger partial charge on any atom is 0.347 e. The highest BCUT2D eigenvalue weighted by molar-refractivity contribution is 9.10. The van der Waals surface area contributed by atoms with Gasteiger partial charge >= 0.3 is 5.97 Å². The summed E-state index contributed by atoms with van der Waals surface area (Å²) < 4.78 is 1.40. The molecule has 18 heavy (non-hydrogen) atoms. The van der Waals surface area contributed by atoms with Gasteiger partial charge in [0.15, 0.2) is 4.34 Å². The van der Waals surface area contributed by atoms with Crippen LogP contribution in [0.5, 0.6) is 0 Å². The lowest BCUT2D eigenvalue weighted by molar-refractivity contribution is 0.0701. The van der Waals surface area contributed by atoms with Gasteiger partial charge < -0.3 is 5.11 Å². The molecule has 0 aliphatic rings. The highest BCUT2D eigenvalue weighted by Gasteiger charge is 2.16. The molecule has 0 unspecified atom stereocenters. The molecule has 2 heterocycles. The maximum atomic E-state index is 10.9. The van der Waals surface area contributed by atoms with Gasteiger partial charge in [-0.2, -0.15) is 0 Å². The zero-order valence-electron chi connectivity index (χ0n) is 8.98. The molecule has 0 spiro atoms. The van der Waals surface area contributed by atoms with Crippen LogP contribution in [0.15, 0.2) is 26.1 Å². The van der Waals surface area contributed by atoms with Crippen LogP contribution in [0.3, 0.4) is 0 Å². The Balaban J connectivity index is 2.29. The molecule has 2 aromatic heterocycles. The van der Waals surface area contributed by atoms with Crippen molar-refractivity contribution in [3.05, 3.63) is 32.3 Å². The standard InChI is InChI=1S/C10H6BrClN2O2S2/c1-4-7(9(15)16)17-10(14-4)18-8-6(12)2-5(11)3-13-8/h2-3H,1H3,(H,15,16). The second-order valence-electron chi connectivity index (χ2n) is 3.24. The van der Waals surface area contributed by atoms with Crippen molar-refractivity contribution < 1.29 is 9.90 Å². The van der Waals surface area contributed by atoms with Gasteiger partial charge in [0.2, 0.25) is 0 Å². The summed E-state index contributed by atoms with van der Waals surface area (Å²) in [6, 6.07) is 1.73. The van der Waals surface area contributed by atoms with Crippen molar-refractivity contribution in [1.29, 1.82) is 0 Å². The first-order valence-corrected chi connectivity index (χ1v) is 7.47. The van der Waals surface area contributed by atoms with Crippen LogP contribution < -0.4 is 0 Å². The van der Waals surface area contributed by atoms with E-state index >= 15 is 0 Å². The molecule has 0 aliphatic carbocycles. The number of hydrogen-bond donors (Lipinski definition) is 1. The van der Waals surface area contributed by atoms with E-state index in [1.165, 1.54) is 11.8 Å². The first kappa shape index (κ1) is 13.8. The molecule has 0 aromatic carbocycles. The molecular weight excluding hydrogens is 360 g/mol. The molecule has 2 aromatic rings. The van der Waals surface area contributed by atoms with E-state index in [1.807, 2.05) is 0 Å². The zero-order valence-corrected chi connectivity index (χ0v) is 13.0. The highest BCUT2D eigenvalue weighted by atomic mass is 79.9. The molecule has 8 heteroatoms. The Labute approximate surface area is 125 Å². The predicted octanol–water partition coefficient (Wildman–Crippen LogP) is 4.11. The molecular formula is C10H6BrClN2O2S2. The molecule has 0 saturated carbocycles. The Bertz CT molecular complexity index is 618. The van der Waals surface area contributed by atoms with Crippen molar-refractivity contribution >= 4 is 56.6 Å². The molecule has 0 saturated heterocycles. The van der Waals surface area contributed by atoms with Crippen LogP contribution in [-0.2, 0) is 0 Å². The number of aryl methyl sites for hydroxylation is 1. The molecule has 4 nitrogen and oxygen atoms in total. The lowest BCUT2D eigenvalue weighted by Gasteiger charge is -2.00. The number of rotatable bonds is 3. The van der Waals surface area contributed by atoms with Crippen LogP contribution in [0.4, 0.5) is 0 Å². The van der Waals surface area contributed by atoms with Crippen LogP contribution >= 0.6 is 50.6 Å². The van der Waals surface area contributed by atoms with Gasteiger partial charge in [-0.3, -0.25) is 0 Å². The average molecular weight is 366 g/mol. The van der Waals surface area contributed by atoms with Crippen LogP contribution in [-0.4, -0.2) is 21.0 Å². The number of hydrogen-bond acceptors (Lipinski definition) is 5. The molecule has 0 bridgehead atoms. The zero-order chi connectivity index (χ0) is 13.3. The number of carboxylic acid groups (broad SMARTS) is 1. The lowest BCUT2D eigenvalue weighted by Crippen LogP contribution is -1.94. The largest absolute Gasteiger partial charge is 0.477 e. The number of carboxylic acids is 1. The Morgan fingerprint density at radius 2 is 2.33 bits per heavy atom. The van der Waals surface area contributed by atoms with Crippen molar-refractivity contribution in [3.63, 3.8) is 0 Å². The van der Waals surface area contributed by atoms with Crippen molar-refractivity contribution in [3.8, 4) is 0 Å². The Hall–Kier alpha value is -0.630. The summed E-state index contributed by atoms with van der Waals surface area (Å²) in [6.07, 6.45) is 1.63. The number of aromatic nitrogens is 2. The molecule has 0 atom stereocenters. The van der Waals surface area contributed by atoms with Gasteiger partial charge in [-0.15, -0.1) is 0 Å². The van der Waals surface area contributed by atoms with E-state index in [0.717, 1.165) is 15.8 Å². The van der Waals surface area contributed by atoms with Gasteiger partial charge in [0.25, 0.3) is 0 Å². The van der Waals surface area contributed by atoms with Gasteiger partial charge in [-0.25, -0.2) is 14.8 Å². The van der Waals surface area contributed by atoms with E-state index in [1.54, 1.807) is 19.2 Å². The van der Waals surface area contributed by atoms with Crippen molar-refractivity contribution in [1.82, 2.24) is 9.97 Å². The van der Waals surface area contributed by atoms with E-state index in [-0.39, 0.29) is 4.88 Å². The number of nitrogens with zero attached hydrogens (tertiary/aromatic N) is 2. The Morgan fingerprint density at radius 1 is 1.61 bits per heavy atom. The molecule has 0 amide bonds. The Morgan fingerprint density at radius 3 is 2.89 bits per heavy atom. The second kappa shape index (κ2) is 5.56. The topological polar surface area (TPSA) is 63.1 Å². The third-order valence-electron chi connectivity index (χ3n) is 1.93. The number of aromatic carboxylic acids is 1. The summed E-state index contributed by atoms with van der Waals surface area (Å²) >= 11 is 11.7. The van der Waals surface area contributed by atoms with E-state index < -0.39 is 5.97 Å². The smallest absolute Gasteiger partial charge is 0.347 e. The minimum atomic E-state index is -0.966. The summed E-state index contributed by atoms with van der Waals surface area (Å²) in [5.74, 6) is -0.966. The van der Waals surface area contributed by atoms with Crippen LogP contribution in [0.1, 0.15) is 15.4 Å². The quantitative estimate of drug-likeness (QED) is 0.886. The molecule has 0 aliphatic heterocycles. The van der Waals surface area contributed by atoms with E-state index in [9.17, 15) is 4.79 Å². The molecule has 1 N–H and O–H groups in total. The summed E-state index contributed by atoms with van der Waals surface area (Å²) in [6.45, 7) is 1.67. The summed E-state index contributed by atoms with van der Waals surface area (Å²) in [4.78, 5) is 19.5. The van der Waals surface area contributed by atoms with E-state index in [0.29, 0.717) is 20.1 Å². The number of carbonyl (C=O) groups is 1. The molecule has 0 radical (unpaired) electrons. The minimum Gasteiger partial charge on any atom is -0.477 e. The van der Waals surface area contributed by atoms with Gasteiger partial charge in [-0.1, -0.05) is 22.9 Å². The number of thiazole rings is 1.